The topological polar surface area (TPSA) is 88.0 Å². The Balaban J connectivity index is 1.49. The molecule has 8 heteroatoms. The van der Waals surface area contributed by atoms with Gasteiger partial charge in [0.2, 0.25) is 5.95 Å². The Hall–Kier alpha value is -3.26. The zero-order chi connectivity index (χ0) is 24.2. The summed E-state index contributed by atoms with van der Waals surface area (Å²) < 4.78 is 1.62. The minimum atomic E-state index is -0.109. The van der Waals surface area contributed by atoms with Crippen LogP contribution in [0.4, 0.5) is 11.6 Å². The summed E-state index contributed by atoms with van der Waals surface area (Å²) in [6.45, 7) is 11.5. The molecule has 1 aromatic carbocycles. The van der Waals surface area contributed by atoms with Gasteiger partial charge < -0.3 is 15.5 Å². The van der Waals surface area contributed by atoms with Crippen molar-refractivity contribution in [3.63, 3.8) is 0 Å². The van der Waals surface area contributed by atoms with Crippen LogP contribution < -0.4 is 10.6 Å². The standard InChI is InChI=1S/C26H35N7O/c1-17(2)23(16-33-10-6-7-11-33)29-25(34)24-15-22(31-32(24)5)21-8-9-27-26(30-21)28-20-13-18(3)12-19(4)14-20/h8-9,12-15,17,23H,6-7,10-11,16H2,1-5H3,(H,29,34)(H,27,28,30). The van der Waals surface area contributed by atoms with Crippen LogP contribution in [-0.2, 0) is 7.05 Å². The van der Waals surface area contributed by atoms with Crippen molar-refractivity contribution in [2.45, 2.75) is 46.6 Å². The summed E-state index contributed by atoms with van der Waals surface area (Å²) in [4.78, 5) is 24.6. The maximum Gasteiger partial charge on any atom is 0.269 e. The average Bonchev–Trinajstić information content (AvgIpc) is 3.42. The summed E-state index contributed by atoms with van der Waals surface area (Å²) >= 11 is 0. The lowest BCUT2D eigenvalue weighted by atomic mass is 10.0. The number of nitrogens with zero attached hydrogens (tertiary/aromatic N) is 5. The summed E-state index contributed by atoms with van der Waals surface area (Å²) in [5.41, 5.74) is 5.10. The van der Waals surface area contributed by atoms with Crippen molar-refractivity contribution in [2.75, 3.05) is 25.0 Å². The molecule has 1 aliphatic rings. The third kappa shape index (κ3) is 5.80. The lowest BCUT2D eigenvalue weighted by Gasteiger charge is -2.27. The van der Waals surface area contributed by atoms with Crippen LogP contribution in [0.5, 0.6) is 0 Å². The molecule has 0 radical (unpaired) electrons. The van der Waals surface area contributed by atoms with Gasteiger partial charge in [-0.2, -0.15) is 5.10 Å². The van der Waals surface area contributed by atoms with Crippen LogP contribution in [0.1, 0.15) is 48.3 Å². The largest absolute Gasteiger partial charge is 0.346 e. The third-order valence-electron chi connectivity index (χ3n) is 6.28. The molecular formula is C26H35N7O. The van der Waals surface area contributed by atoms with Crippen LogP contribution in [0.25, 0.3) is 11.4 Å². The van der Waals surface area contributed by atoms with Crippen molar-refractivity contribution in [3.05, 3.63) is 53.3 Å². The number of carbonyl (C=O) groups is 1. The molecule has 3 heterocycles. The van der Waals surface area contributed by atoms with Gasteiger partial charge >= 0.3 is 0 Å². The first-order valence-electron chi connectivity index (χ1n) is 12.0. The first-order chi connectivity index (χ1) is 16.3. The number of anilines is 2. The number of hydrogen-bond acceptors (Lipinski definition) is 6. The summed E-state index contributed by atoms with van der Waals surface area (Å²) in [6.07, 6.45) is 4.18. The van der Waals surface area contributed by atoms with Gasteiger partial charge in [-0.25, -0.2) is 9.97 Å². The van der Waals surface area contributed by atoms with E-state index in [0.717, 1.165) is 25.3 Å². The molecule has 3 aromatic rings. The summed E-state index contributed by atoms with van der Waals surface area (Å²) in [7, 11) is 1.79. The Morgan fingerprint density at radius 2 is 1.76 bits per heavy atom. The minimum Gasteiger partial charge on any atom is -0.346 e. The van der Waals surface area contributed by atoms with E-state index in [-0.39, 0.29) is 11.9 Å². The molecule has 8 nitrogen and oxygen atoms in total. The van der Waals surface area contributed by atoms with Gasteiger partial charge in [0.05, 0.1) is 5.69 Å². The van der Waals surface area contributed by atoms with Gasteiger partial charge in [-0.15, -0.1) is 0 Å². The van der Waals surface area contributed by atoms with E-state index in [1.165, 1.54) is 24.0 Å². The van der Waals surface area contributed by atoms with Crippen molar-refractivity contribution >= 4 is 17.5 Å². The van der Waals surface area contributed by atoms with Gasteiger partial charge in [-0.1, -0.05) is 19.9 Å². The number of amides is 1. The lowest BCUT2D eigenvalue weighted by molar-refractivity contribution is 0.0903. The normalized spacial score (nSPS) is 15.0. The molecule has 4 rings (SSSR count). The molecule has 34 heavy (non-hydrogen) atoms. The molecule has 1 aliphatic heterocycles. The van der Waals surface area contributed by atoms with Crippen molar-refractivity contribution in [1.82, 2.24) is 30.0 Å². The van der Waals surface area contributed by atoms with E-state index in [4.69, 9.17) is 0 Å². The number of hydrogen-bond donors (Lipinski definition) is 2. The Bertz CT molecular complexity index is 1130. The molecule has 2 N–H and O–H groups in total. The molecule has 0 saturated carbocycles. The molecule has 1 fully saturated rings. The average molecular weight is 462 g/mol. The second-order valence-corrected chi connectivity index (χ2v) is 9.64. The summed E-state index contributed by atoms with van der Waals surface area (Å²) in [5.74, 6) is 0.726. The molecule has 2 aromatic heterocycles. The Morgan fingerprint density at radius 1 is 1.06 bits per heavy atom. The fourth-order valence-corrected chi connectivity index (χ4v) is 4.45. The van der Waals surface area contributed by atoms with E-state index in [9.17, 15) is 4.79 Å². The molecule has 1 unspecified atom stereocenters. The monoisotopic (exact) mass is 461 g/mol. The van der Waals surface area contributed by atoms with E-state index in [0.29, 0.717) is 28.9 Å². The van der Waals surface area contributed by atoms with Crippen LogP contribution in [-0.4, -0.2) is 56.2 Å². The Labute approximate surface area is 201 Å². The molecule has 1 saturated heterocycles. The van der Waals surface area contributed by atoms with Gasteiger partial charge in [0.25, 0.3) is 5.91 Å². The molecule has 0 aliphatic carbocycles. The molecule has 1 atom stereocenters. The summed E-state index contributed by atoms with van der Waals surface area (Å²) in [6, 6.07) is 9.93. The molecular weight excluding hydrogens is 426 g/mol. The maximum absolute atomic E-state index is 13.1. The smallest absolute Gasteiger partial charge is 0.269 e. The highest BCUT2D eigenvalue weighted by atomic mass is 16.2. The number of rotatable bonds is 8. The molecule has 1 amide bonds. The SMILES string of the molecule is Cc1cc(C)cc(Nc2nccc(-c3cc(C(=O)NC(CN4CCCC4)C(C)C)n(C)n3)n2)c1. The van der Waals surface area contributed by atoms with Gasteiger partial charge in [0.1, 0.15) is 11.4 Å². The number of aryl methyl sites for hydroxylation is 3. The molecule has 0 spiro atoms. The van der Waals surface area contributed by atoms with E-state index in [1.807, 2.05) is 0 Å². The van der Waals surface area contributed by atoms with Crippen molar-refractivity contribution < 1.29 is 4.79 Å². The van der Waals surface area contributed by atoms with E-state index in [1.54, 1.807) is 30.1 Å². The summed E-state index contributed by atoms with van der Waals surface area (Å²) in [5, 5.41) is 11.1. The second kappa shape index (κ2) is 10.3. The zero-order valence-electron chi connectivity index (χ0n) is 20.8. The van der Waals surface area contributed by atoms with Gasteiger partial charge in [-0.3, -0.25) is 9.48 Å². The number of aromatic nitrogens is 4. The van der Waals surface area contributed by atoms with Gasteiger partial charge in [0.15, 0.2) is 0 Å². The zero-order valence-corrected chi connectivity index (χ0v) is 20.8. The van der Waals surface area contributed by atoms with Crippen LogP contribution in [0.15, 0.2) is 36.5 Å². The van der Waals surface area contributed by atoms with Crippen molar-refractivity contribution in [3.8, 4) is 11.4 Å². The van der Waals surface area contributed by atoms with Crippen LogP contribution in [0.3, 0.4) is 0 Å². The van der Waals surface area contributed by atoms with Crippen LogP contribution in [0, 0.1) is 19.8 Å². The lowest BCUT2D eigenvalue weighted by Crippen LogP contribution is -2.46. The first-order valence-corrected chi connectivity index (χ1v) is 12.0. The highest BCUT2D eigenvalue weighted by molar-refractivity contribution is 5.93. The van der Waals surface area contributed by atoms with E-state index >= 15 is 0 Å². The number of benzene rings is 1. The fourth-order valence-electron chi connectivity index (χ4n) is 4.45. The van der Waals surface area contributed by atoms with E-state index in [2.05, 4.69) is 76.5 Å². The Kier molecular flexibility index (Phi) is 7.26. The predicted octanol–water partition coefficient (Wildman–Crippen LogP) is 4.09. The number of carbonyl (C=O) groups excluding carboxylic acids is 1. The fraction of sp³-hybridized carbons (Fsp3) is 0.462. The van der Waals surface area contributed by atoms with E-state index < -0.39 is 0 Å². The third-order valence-corrected chi connectivity index (χ3v) is 6.28. The quantitative estimate of drug-likeness (QED) is 0.525. The van der Waals surface area contributed by atoms with Gasteiger partial charge in [-0.05, 0) is 81.1 Å². The number of nitrogens with one attached hydrogen (secondary N) is 2. The number of likely N-dealkylation sites (tertiary alicyclic amines) is 1. The molecule has 0 bridgehead atoms. The minimum absolute atomic E-state index is 0.0941. The molecule has 180 valence electrons. The van der Waals surface area contributed by atoms with Crippen LogP contribution in [0.2, 0.25) is 0 Å². The highest BCUT2D eigenvalue weighted by Crippen LogP contribution is 2.21. The van der Waals surface area contributed by atoms with Crippen LogP contribution >= 0.6 is 0 Å². The predicted molar refractivity (Wildman–Crippen MR) is 135 cm³/mol. The second-order valence-electron chi connectivity index (χ2n) is 9.64. The van der Waals surface area contributed by atoms with Crippen molar-refractivity contribution in [1.29, 1.82) is 0 Å². The first kappa shape index (κ1) is 23.9. The highest BCUT2D eigenvalue weighted by Gasteiger charge is 2.24. The van der Waals surface area contributed by atoms with Gasteiger partial charge in [0, 0.05) is 31.5 Å². The Morgan fingerprint density at radius 3 is 2.44 bits per heavy atom. The van der Waals surface area contributed by atoms with Crippen molar-refractivity contribution in [2.24, 2.45) is 13.0 Å². The maximum atomic E-state index is 13.1.